The van der Waals surface area contributed by atoms with Crippen LogP contribution in [0.4, 0.5) is 0 Å². The summed E-state index contributed by atoms with van der Waals surface area (Å²) in [5.74, 6) is -1.01. The standard InChI is InChI=1S/C60H96O6/c1-4-7-10-13-16-19-22-25-28-31-34-37-40-43-46-49-52-58(61)64-55-57(66-60(63)54-51-48-45-42-39-36-33-30-27-24-21-18-15-12-9-6-3)56-65-59(62)53-50-47-44-41-38-35-32-29-26-23-20-17-14-11-8-5-2/h7,9-10,12,16,18-19,21,25,27-30,32,34-39,57H,4-6,8,11,13-15,17,20,22-24,26,31,33,40-56H2,1-3H3/b10-7-,12-9-,19-16-,21-18-,28-25-,30-27-,32-29-,37-34-,38-35-,39-36-. The second-order valence-corrected chi connectivity index (χ2v) is 17.0. The molecule has 0 aliphatic heterocycles. The van der Waals surface area contributed by atoms with E-state index in [1.165, 1.54) is 44.9 Å². The summed E-state index contributed by atoms with van der Waals surface area (Å²) in [7, 11) is 0. The van der Waals surface area contributed by atoms with Crippen molar-refractivity contribution in [3.05, 3.63) is 122 Å². The van der Waals surface area contributed by atoms with Crippen LogP contribution in [0.5, 0.6) is 0 Å². The van der Waals surface area contributed by atoms with Crippen molar-refractivity contribution in [2.45, 2.75) is 226 Å². The highest BCUT2D eigenvalue weighted by molar-refractivity contribution is 5.71. The van der Waals surface area contributed by atoms with Crippen LogP contribution in [0.25, 0.3) is 0 Å². The Balaban J connectivity index is 4.57. The molecule has 0 aromatic heterocycles. The number of ether oxygens (including phenoxy) is 3. The summed E-state index contributed by atoms with van der Waals surface area (Å²) in [6.07, 6.45) is 73.3. The lowest BCUT2D eigenvalue weighted by Crippen LogP contribution is -2.30. The van der Waals surface area contributed by atoms with Gasteiger partial charge in [-0.25, -0.2) is 0 Å². The summed E-state index contributed by atoms with van der Waals surface area (Å²) in [4.78, 5) is 38.0. The summed E-state index contributed by atoms with van der Waals surface area (Å²) in [5, 5.41) is 0. The molecule has 6 heteroatoms. The average Bonchev–Trinajstić information content (AvgIpc) is 3.31. The number of hydrogen-bond donors (Lipinski definition) is 0. The van der Waals surface area contributed by atoms with E-state index in [2.05, 4.69) is 142 Å². The first-order chi connectivity index (χ1) is 32.5. The molecule has 1 unspecified atom stereocenters. The van der Waals surface area contributed by atoms with Crippen LogP contribution in [-0.4, -0.2) is 37.2 Å². The van der Waals surface area contributed by atoms with Crippen molar-refractivity contribution in [2.24, 2.45) is 0 Å². The molecule has 0 spiro atoms. The fraction of sp³-hybridized carbons (Fsp3) is 0.617. The molecule has 66 heavy (non-hydrogen) atoms. The maximum absolute atomic E-state index is 12.8. The molecule has 0 amide bonds. The van der Waals surface area contributed by atoms with Gasteiger partial charge in [-0.1, -0.05) is 200 Å². The predicted molar refractivity (Wildman–Crippen MR) is 283 cm³/mol. The lowest BCUT2D eigenvalue weighted by Gasteiger charge is -2.18. The SMILES string of the molecule is CC/C=C\C/C=C\C/C=C\C/C=C\CCCCCC(=O)OCC(COC(=O)CCCCC/C=C\C=C/CCCCCCCCC)OC(=O)CCCCC/C=C\C/C=C\C/C=C\C/C=C\CC. The monoisotopic (exact) mass is 913 g/mol. The molecule has 0 saturated heterocycles. The van der Waals surface area contributed by atoms with Crippen molar-refractivity contribution in [2.75, 3.05) is 13.2 Å². The van der Waals surface area contributed by atoms with E-state index < -0.39 is 6.10 Å². The Morgan fingerprint density at radius 1 is 0.333 bits per heavy atom. The van der Waals surface area contributed by atoms with Gasteiger partial charge in [-0.15, -0.1) is 0 Å². The van der Waals surface area contributed by atoms with Gasteiger partial charge in [0.2, 0.25) is 0 Å². The number of carbonyl (C=O) groups is 3. The third-order valence-electron chi connectivity index (χ3n) is 10.7. The van der Waals surface area contributed by atoms with E-state index in [0.717, 1.165) is 128 Å². The van der Waals surface area contributed by atoms with Gasteiger partial charge in [0.25, 0.3) is 0 Å². The van der Waals surface area contributed by atoms with Gasteiger partial charge in [0.1, 0.15) is 13.2 Å². The molecule has 0 N–H and O–H groups in total. The van der Waals surface area contributed by atoms with E-state index in [1.807, 2.05) is 0 Å². The van der Waals surface area contributed by atoms with Gasteiger partial charge in [-0.3, -0.25) is 14.4 Å². The minimum absolute atomic E-state index is 0.119. The van der Waals surface area contributed by atoms with Gasteiger partial charge in [0.05, 0.1) is 0 Å². The molecular formula is C60H96O6. The number of esters is 3. The Hall–Kier alpha value is -4.19. The third kappa shape index (κ3) is 50.8. The Kier molecular flexibility index (Phi) is 50.0. The molecular weight excluding hydrogens is 817 g/mol. The molecule has 1 atom stereocenters. The molecule has 0 radical (unpaired) electrons. The van der Waals surface area contributed by atoms with Gasteiger partial charge in [-0.2, -0.15) is 0 Å². The second-order valence-electron chi connectivity index (χ2n) is 17.0. The van der Waals surface area contributed by atoms with Gasteiger partial charge < -0.3 is 14.2 Å². The van der Waals surface area contributed by atoms with Gasteiger partial charge in [0.15, 0.2) is 6.10 Å². The molecule has 0 aliphatic rings. The van der Waals surface area contributed by atoms with Crippen LogP contribution < -0.4 is 0 Å². The quantitative estimate of drug-likeness (QED) is 0.0199. The van der Waals surface area contributed by atoms with Crippen LogP contribution in [-0.2, 0) is 28.6 Å². The molecule has 372 valence electrons. The smallest absolute Gasteiger partial charge is 0.306 e. The van der Waals surface area contributed by atoms with Gasteiger partial charge in [-0.05, 0) is 122 Å². The average molecular weight is 913 g/mol. The molecule has 0 aromatic rings. The zero-order valence-electron chi connectivity index (χ0n) is 42.4. The van der Waals surface area contributed by atoms with Crippen LogP contribution in [0.15, 0.2) is 122 Å². The van der Waals surface area contributed by atoms with Gasteiger partial charge in [0, 0.05) is 19.3 Å². The molecule has 6 nitrogen and oxygen atoms in total. The van der Waals surface area contributed by atoms with E-state index >= 15 is 0 Å². The van der Waals surface area contributed by atoms with Crippen molar-refractivity contribution in [1.29, 1.82) is 0 Å². The zero-order valence-corrected chi connectivity index (χ0v) is 42.4. The maximum Gasteiger partial charge on any atom is 0.306 e. The Morgan fingerprint density at radius 2 is 0.636 bits per heavy atom. The van der Waals surface area contributed by atoms with Crippen LogP contribution in [0.3, 0.4) is 0 Å². The minimum atomic E-state index is -0.822. The summed E-state index contributed by atoms with van der Waals surface area (Å²) in [6.45, 7) is 6.31. The Morgan fingerprint density at radius 3 is 1.02 bits per heavy atom. The molecule has 0 bridgehead atoms. The highest BCUT2D eigenvalue weighted by Gasteiger charge is 2.19. The molecule has 0 aromatic carbocycles. The first kappa shape index (κ1) is 61.8. The number of allylic oxidation sites excluding steroid dienone is 20. The van der Waals surface area contributed by atoms with Gasteiger partial charge >= 0.3 is 17.9 Å². The van der Waals surface area contributed by atoms with Crippen molar-refractivity contribution in [3.63, 3.8) is 0 Å². The molecule has 0 fully saturated rings. The first-order valence-electron chi connectivity index (χ1n) is 26.6. The Labute approximate surface area is 405 Å². The second kappa shape index (κ2) is 53.4. The Bertz CT molecular complexity index is 1420. The summed E-state index contributed by atoms with van der Waals surface area (Å²) >= 11 is 0. The van der Waals surface area contributed by atoms with E-state index in [1.54, 1.807) is 0 Å². The lowest BCUT2D eigenvalue weighted by atomic mass is 10.1. The largest absolute Gasteiger partial charge is 0.462 e. The van der Waals surface area contributed by atoms with Crippen LogP contribution >= 0.6 is 0 Å². The number of hydrogen-bond acceptors (Lipinski definition) is 6. The lowest BCUT2D eigenvalue weighted by molar-refractivity contribution is -0.167. The minimum Gasteiger partial charge on any atom is -0.462 e. The molecule has 0 aliphatic carbocycles. The summed E-state index contributed by atoms with van der Waals surface area (Å²) < 4.78 is 16.7. The normalized spacial score (nSPS) is 13.1. The van der Waals surface area contributed by atoms with Crippen molar-refractivity contribution in [3.8, 4) is 0 Å². The molecule has 0 rings (SSSR count). The summed E-state index contributed by atoms with van der Waals surface area (Å²) in [6, 6.07) is 0. The van der Waals surface area contributed by atoms with E-state index in [-0.39, 0.29) is 37.5 Å². The van der Waals surface area contributed by atoms with E-state index in [0.29, 0.717) is 19.3 Å². The topological polar surface area (TPSA) is 78.9 Å². The van der Waals surface area contributed by atoms with Crippen LogP contribution in [0, 0.1) is 0 Å². The fourth-order valence-corrected chi connectivity index (χ4v) is 6.77. The van der Waals surface area contributed by atoms with E-state index in [4.69, 9.17) is 14.2 Å². The zero-order chi connectivity index (χ0) is 47.9. The highest BCUT2D eigenvalue weighted by atomic mass is 16.6. The van der Waals surface area contributed by atoms with Crippen molar-refractivity contribution < 1.29 is 28.6 Å². The highest BCUT2D eigenvalue weighted by Crippen LogP contribution is 2.12. The number of carbonyl (C=O) groups excluding carboxylic acids is 3. The van der Waals surface area contributed by atoms with Crippen molar-refractivity contribution >= 4 is 17.9 Å². The predicted octanol–water partition coefficient (Wildman–Crippen LogP) is 17.7. The third-order valence-corrected chi connectivity index (χ3v) is 10.7. The van der Waals surface area contributed by atoms with Crippen LogP contribution in [0.1, 0.15) is 220 Å². The van der Waals surface area contributed by atoms with Crippen LogP contribution in [0.2, 0.25) is 0 Å². The summed E-state index contributed by atoms with van der Waals surface area (Å²) in [5.41, 5.74) is 0. The van der Waals surface area contributed by atoms with Crippen molar-refractivity contribution in [1.82, 2.24) is 0 Å². The fourth-order valence-electron chi connectivity index (χ4n) is 6.77. The number of rotatable bonds is 46. The maximum atomic E-state index is 12.8. The molecule has 0 saturated carbocycles. The van der Waals surface area contributed by atoms with E-state index in [9.17, 15) is 14.4 Å². The number of unbranched alkanes of at least 4 members (excludes halogenated alkanes) is 16. The molecule has 0 heterocycles. The first-order valence-corrected chi connectivity index (χ1v) is 26.6.